The van der Waals surface area contributed by atoms with Crippen molar-refractivity contribution in [3.05, 3.63) is 34.3 Å². The Kier molecular flexibility index (Phi) is 4.21. The van der Waals surface area contributed by atoms with E-state index in [1.165, 1.54) is 10.9 Å². The van der Waals surface area contributed by atoms with Crippen LogP contribution in [-0.4, -0.2) is 39.3 Å². The highest BCUT2D eigenvalue weighted by Crippen LogP contribution is 2.43. The molecule has 2 atom stereocenters. The van der Waals surface area contributed by atoms with Gasteiger partial charge in [-0.25, -0.2) is 23.2 Å². The van der Waals surface area contributed by atoms with E-state index in [4.69, 9.17) is 14.6 Å². The predicted molar refractivity (Wildman–Crippen MR) is 106 cm³/mol. The van der Waals surface area contributed by atoms with Gasteiger partial charge in [0.2, 0.25) is 5.88 Å². The lowest BCUT2D eigenvalue weighted by Gasteiger charge is -2.32. The molecule has 1 aliphatic heterocycles. The Balaban J connectivity index is 1.44. The molecule has 30 heavy (non-hydrogen) atoms. The number of urea groups is 1. The number of carbonyl (C=O) groups excluding carboxylic acids is 1. The SMILES string of the molecule is COC[C@@]1(C)Cn2ncc(S(N)(=O)=NC(=O)Nc3c4c(c(F)c5c3CC5)CC4)c2O1. The second kappa shape index (κ2) is 6.50. The molecule has 0 saturated carbocycles. The molecule has 0 radical (unpaired) electrons. The molecule has 5 rings (SSSR count). The topological polar surface area (TPSA) is 121 Å². The van der Waals surface area contributed by atoms with E-state index >= 15 is 0 Å². The molecule has 1 unspecified atom stereocenters. The number of nitrogens with two attached hydrogens (primary N) is 1. The number of nitrogens with zero attached hydrogens (tertiary/aromatic N) is 3. The van der Waals surface area contributed by atoms with E-state index in [2.05, 4.69) is 14.8 Å². The maximum atomic E-state index is 14.3. The van der Waals surface area contributed by atoms with Gasteiger partial charge in [0.1, 0.15) is 10.7 Å². The zero-order chi connectivity index (χ0) is 21.3. The van der Waals surface area contributed by atoms with E-state index in [-0.39, 0.29) is 16.6 Å². The zero-order valence-corrected chi connectivity index (χ0v) is 17.5. The van der Waals surface area contributed by atoms with Crippen LogP contribution >= 0.6 is 0 Å². The monoisotopic (exact) mass is 435 g/mol. The third kappa shape index (κ3) is 2.83. The van der Waals surface area contributed by atoms with Gasteiger partial charge in [-0.1, -0.05) is 0 Å². The van der Waals surface area contributed by atoms with Crippen molar-refractivity contribution in [3.63, 3.8) is 0 Å². The Morgan fingerprint density at radius 1 is 1.37 bits per heavy atom. The van der Waals surface area contributed by atoms with Crippen LogP contribution in [0, 0.1) is 5.82 Å². The largest absolute Gasteiger partial charge is 0.466 e. The Hall–Kier alpha value is -2.50. The van der Waals surface area contributed by atoms with Gasteiger partial charge in [0.25, 0.3) is 0 Å². The van der Waals surface area contributed by atoms with Crippen LogP contribution < -0.4 is 15.2 Å². The summed E-state index contributed by atoms with van der Waals surface area (Å²) in [7, 11) is -2.05. The zero-order valence-electron chi connectivity index (χ0n) is 16.7. The molecule has 0 bridgehead atoms. The summed E-state index contributed by atoms with van der Waals surface area (Å²) < 4.78 is 43.7. The van der Waals surface area contributed by atoms with Gasteiger partial charge in [0, 0.05) is 12.8 Å². The maximum absolute atomic E-state index is 14.3. The van der Waals surface area contributed by atoms with Gasteiger partial charge in [-0.05, 0) is 54.9 Å². The van der Waals surface area contributed by atoms with E-state index in [9.17, 15) is 13.4 Å². The first kappa shape index (κ1) is 19.5. The standard InChI is InChI=1S/C19H22FN5O4S/c1-19(9-28-2)8-25-17(29-19)14(7-22-25)30(21,27)24-18(26)23-16-12-5-3-10(12)15(20)11-4-6-13(11)16/h7H,3-6,8-9H2,1-2H3,(H3,21,23,24,26,27)/t19-,30?/m1/s1. The number of aromatic nitrogens is 2. The van der Waals surface area contributed by atoms with Crippen molar-refractivity contribution in [2.45, 2.75) is 49.6 Å². The molecule has 3 aliphatic rings. The molecule has 160 valence electrons. The fraction of sp³-hybridized carbons (Fsp3) is 0.474. The average molecular weight is 435 g/mol. The van der Waals surface area contributed by atoms with Crippen LogP contribution in [0.1, 0.15) is 29.2 Å². The lowest BCUT2D eigenvalue weighted by Crippen LogP contribution is -2.36. The molecular formula is C19H22FN5O4S. The molecule has 1 aromatic heterocycles. The Morgan fingerprint density at radius 3 is 2.57 bits per heavy atom. The highest BCUT2D eigenvalue weighted by atomic mass is 32.2. The number of hydrogen-bond donors (Lipinski definition) is 2. The van der Waals surface area contributed by atoms with Crippen LogP contribution in [0.5, 0.6) is 5.88 Å². The Bertz CT molecular complexity index is 1180. The number of ether oxygens (including phenoxy) is 2. The molecule has 3 N–H and O–H groups in total. The van der Waals surface area contributed by atoms with Gasteiger partial charge in [0.05, 0.1) is 19.3 Å². The fourth-order valence-electron chi connectivity index (χ4n) is 4.34. The van der Waals surface area contributed by atoms with E-state index in [0.717, 1.165) is 11.1 Å². The number of benzene rings is 1. The summed E-state index contributed by atoms with van der Waals surface area (Å²) in [5, 5.41) is 12.8. The number of methoxy groups -OCH3 is 1. The number of rotatable bonds is 4. The summed E-state index contributed by atoms with van der Waals surface area (Å²) in [5.74, 6) is 0.0651. The first-order chi connectivity index (χ1) is 14.2. The summed E-state index contributed by atoms with van der Waals surface area (Å²) in [5.41, 5.74) is 2.80. The van der Waals surface area contributed by atoms with Crippen LogP contribution in [0.15, 0.2) is 15.5 Å². The van der Waals surface area contributed by atoms with Crippen LogP contribution in [-0.2, 0) is 46.9 Å². The summed E-state index contributed by atoms with van der Waals surface area (Å²) in [4.78, 5) is 12.6. The molecule has 0 fully saturated rings. The van der Waals surface area contributed by atoms with Crippen molar-refractivity contribution in [2.24, 2.45) is 9.50 Å². The van der Waals surface area contributed by atoms with Crippen LogP contribution in [0.4, 0.5) is 14.9 Å². The van der Waals surface area contributed by atoms with Gasteiger partial charge in [-0.2, -0.15) is 5.10 Å². The average Bonchev–Trinajstić information content (AvgIpc) is 3.07. The molecule has 11 heteroatoms. The summed E-state index contributed by atoms with van der Waals surface area (Å²) in [6.45, 7) is 2.53. The lowest BCUT2D eigenvalue weighted by atomic mass is 9.76. The third-order valence-corrected chi connectivity index (χ3v) is 7.26. The maximum Gasteiger partial charge on any atom is 0.354 e. The van der Waals surface area contributed by atoms with E-state index < -0.39 is 21.5 Å². The van der Waals surface area contributed by atoms with Crippen LogP contribution in [0.3, 0.4) is 0 Å². The van der Waals surface area contributed by atoms with Gasteiger partial charge >= 0.3 is 6.03 Å². The second-order valence-electron chi connectivity index (χ2n) is 8.15. The minimum absolute atomic E-state index is 0.0533. The highest BCUT2D eigenvalue weighted by Gasteiger charge is 2.39. The molecule has 2 amide bonds. The fourth-order valence-corrected chi connectivity index (χ4v) is 5.33. The smallest absolute Gasteiger partial charge is 0.354 e. The van der Waals surface area contributed by atoms with E-state index in [1.807, 2.05) is 6.92 Å². The number of halogens is 1. The number of carbonyl (C=O) groups is 1. The van der Waals surface area contributed by atoms with Gasteiger partial charge in [-0.15, -0.1) is 4.36 Å². The summed E-state index contributed by atoms with van der Waals surface area (Å²) in [6.07, 6.45) is 3.99. The number of hydrogen-bond acceptors (Lipinski definition) is 5. The quantitative estimate of drug-likeness (QED) is 0.760. The third-order valence-electron chi connectivity index (χ3n) is 5.91. The molecule has 2 aromatic rings. The second-order valence-corrected chi connectivity index (χ2v) is 9.91. The van der Waals surface area contributed by atoms with Crippen molar-refractivity contribution >= 4 is 21.6 Å². The summed E-state index contributed by atoms with van der Waals surface area (Å²) in [6, 6.07) is -0.838. The van der Waals surface area contributed by atoms with Crippen molar-refractivity contribution in [1.29, 1.82) is 0 Å². The number of amides is 2. The molecule has 1 aromatic carbocycles. The van der Waals surface area contributed by atoms with Crippen LogP contribution in [0.25, 0.3) is 0 Å². The normalized spacial score (nSPS) is 22.5. The minimum Gasteiger partial charge on any atom is -0.466 e. The molecule has 0 saturated heterocycles. The van der Waals surface area contributed by atoms with Crippen molar-refractivity contribution < 1.29 is 22.9 Å². The lowest BCUT2D eigenvalue weighted by molar-refractivity contribution is 0.0165. The van der Waals surface area contributed by atoms with Crippen molar-refractivity contribution in [3.8, 4) is 5.88 Å². The Labute approximate surface area is 173 Å². The predicted octanol–water partition coefficient (Wildman–Crippen LogP) is 1.95. The van der Waals surface area contributed by atoms with E-state index in [0.29, 0.717) is 55.6 Å². The first-order valence-electron chi connectivity index (χ1n) is 9.67. The molecular weight excluding hydrogens is 413 g/mol. The van der Waals surface area contributed by atoms with Gasteiger partial charge in [-0.3, -0.25) is 0 Å². The number of anilines is 1. The minimum atomic E-state index is -3.61. The molecule has 2 aliphatic carbocycles. The van der Waals surface area contributed by atoms with E-state index in [1.54, 1.807) is 7.11 Å². The Morgan fingerprint density at radius 2 is 2.00 bits per heavy atom. The first-order valence-corrected chi connectivity index (χ1v) is 11.2. The molecule has 9 nitrogen and oxygen atoms in total. The van der Waals surface area contributed by atoms with Gasteiger partial charge in [0.15, 0.2) is 15.5 Å². The van der Waals surface area contributed by atoms with Crippen LogP contribution in [0.2, 0.25) is 0 Å². The highest BCUT2D eigenvalue weighted by molar-refractivity contribution is 7.91. The molecule has 2 heterocycles. The number of fused-ring (bicyclic) bond motifs is 3. The number of nitrogens with one attached hydrogen (secondary N) is 1. The van der Waals surface area contributed by atoms with Crippen molar-refractivity contribution in [2.75, 3.05) is 19.0 Å². The van der Waals surface area contributed by atoms with Crippen molar-refractivity contribution in [1.82, 2.24) is 9.78 Å². The van der Waals surface area contributed by atoms with Gasteiger partial charge < -0.3 is 14.8 Å². The summed E-state index contributed by atoms with van der Waals surface area (Å²) >= 11 is 0. The molecule has 0 spiro atoms.